The predicted octanol–water partition coefficient (Wildman–Crippen LogP) is 2.22. The number of aryl methyl sites for hydroxylation is 2. The molecule has 3 heteroatoms. The van der Waals surface area contributed by atoms with Crippen molar-refractivity contribution >= 4 is 5.69 Å². The maximum Gasteiger partial charge on any atom is 0.125 e. The number of rotatable bonds is 5. The number of hydrogen-bond acceptors (Lipinski definition) is 3. The van der Waals surface area contributed by atoms with Crippen LogP contribution in [0.15, 0.2) is 12.1 Å². The summed E-state index contributed by atoms with van der Waals surface area (Å²) in [6.07, 6.45) is 1.04. The van der Waals surface area contributed by atoms with E-state index >= 15 is 0 Å². The number of ether oxygens (including phenoxy) is 1. The van der Waals surface area contributed by atoms with Gasteiger partial charge in [-0.2, -0.15) is 0 Å². The Bertz CT molecular complexity index is 325. The Balaban J connectivity index is 2.54. The fourth-order valence-corrected chi connectivity index (χ4v) is 1.77. The van der Waals surface area contributed by atoms with Crippen LogP contribution in [0.1, 0.15) is 17.5 Å². The van der Waals surface area contributed by atoms with Crippen LogP contribution in [0.5, 0.6) is 5.75 Å². The average Bonchev–Trinajstić information content (AvgIpc) is 2.14. The van der Waals surface area contributed by atoms with Gasteiger partial charge in [0.15, 0.2) is 0 Å². The van der Waals surface area contributed by atoms with Crippen molar-refractivity contribution in [2.45, 2.75) is 20.3 Å². The number of nitrogens with two attached hydrogens (primary N) is 1. The van der Waals surface area contributed by atoms with Gasteiger partial charge in [0, 0.05) is 12.2 Å². The minimum atomic E-state index is 0.754. The summed E-state index contributed by atoms with van der Waals surface area (Å²) < 4.78 is 5.79. The topological polar surface area (TPSA) is 38.5 Å². The molecule has 0 saturated heterocycles. The molecular formula is C13H22N2O. The summed E-state index contributed by atoms with van der Waals surface area (Å²) in [6.45, 7) is 5.87. The van der Waals surface area contributed by atoms with Crippen LogP contribution in [0.25, 0.3) is 0 Å². The van der Waals surface area contributed by atoms with Gasteiger partial charge in [-0.15, -0.1) is 0 Å². The minimum absolute atomic E-state index is 0.754. The third kappa shape index (κ3) is 3.74. The molecule has 0 aliphatic heterocycles. The summed E-state index contributed by atoms with van der Waals surface area (Å²) in [6, 6.07) is 3.91. The lowest BCUT2D eigenvalue weighted by Gasteiger charge is -2.14. The fourth-order valence-electron chi connectivity index (χ4n) is 1.77. The predicted molar refractivity (Wildman–Crippen MR) is 69.0 cm³/mol. The van der Waals surface area contributed by atoms with Gasteiger partial charge in [-0.25, -0.2) is 0 Å². The summed E-state index contributed by atoms with van der Waals surface area (Å²) in [7, 11) is 4.14. The Labute approximate surface area is 98.2 Å². The zero-order valence-electron chi connectivity index (χ0n) is 10.7. The highest BCUT2D eigenvalue weighted by molar-refractivity contribution is 5.52. The van der Waals surface area contributed by atoms with Gasteiger partial charge >= 0.3 is 0 Å². The average molecular weight is 222 g/mol. The standard InChI is InChI=1S/C13H22N2O/c1-10-8-12(14)9-11(2)13(10)16-7-5-6-15(3)4/h8-9H,5-7,14H2,1-4H3. The quantitative estimate of drug-likeness (QED) is 0.613. The summed E-state index contributed by atoms with van der Waals surface area (Å²) in [5.41, 5.74) is 8.79. The van der Waals surface area contributed by atoms with Crippen LogP contribution < -0.4 is 10.5 Å². The van der Waals surface area contributed by atoms with Crippen LogP contribution in [-0.4, -0.2) is 32.1 Å². The molecular weight excluding hydrogens is 200 g/mol. The van der Waals surface area contributed by atoms with Gasteiger partial charge in [-0.05, 0) is 57.6 Å². The van der Waals surface area contributed by atoms with Gasteiger partial charge in [0.1, 0.15) is 5.75 Å². The molecule has 0 amide bonds. The first-order chi connectivity index (χ1) is 7.50. The van der Waals surface area contributed by atoms with E-state index in [-0.39, 0.29) is 0 Å². The van der Waals surface area contributed by atoms with Crippen molar-refractivity contribution in [2.75, 3.05) is 33.0 Å². The monoisotopic (exact) mass is 222 g/mol. The SMILES string of the molecule is Cc1cc(N)cc(C)c1OCCCN(C)C. The molecule has 0 fully saturated rings. The van der Waals surface area contributed by atoms with Gasteiger partial charge < -0.3 is 15.4 Å². The Morgan fingerprint density at radius 2 is 1.75 bits per heavy atom. The molecule has 0 aliphatic rings. The number of hydrogen-bond donors (Lipinski definition) is 1. The molecule has 0 saturated carbocycles. The van der Waals surface area contributed by atoms with Crippen molar-refractivity contribution in [3.63, 3.8) is 0 Å². The number of nitrogens with zero attached hydrogens (tertiary/aromatic N) is 1. The molecule has 0 aromatic heterocycles. The summed E-state index contributed by atoms with van der Waals surface area (Å²) in [5.74, 6) is 0.980. The molecule has 90 valence electrons. The molecule has 1 aromatic rings. The lowest BCUT2D eigenvalue weighted by Crippen LogP contribution is -2.15. The molecule has 16 heavy (non-hydrogen) atoms. The highest BCUT2D eigenvalue weighted by Crippen LogP contribution is 2.25. The van der Waals surface area contributed by atoms with Gasteiger partial charge in [0.2, 0.25) is 0 Å². The highest BCUT2D eigenvalue weighted by Gasteiger charge is 2.04. The second kappa shape index (κ2) is 5.75. The zero-order chi connectivity index (χ0) is 12.1. The fraction of sp³-hybridized carbons (Fsp3) is 0.538. The highest BCUT2D eigenvalue weighted by atomic mass is 16.5. The molecule has 0 radical (unpaired) electrons. The lowest BCUT2D eigenvalue weighted by atomic mass is 10.1. The van der Waals surface area contributed by atoms with E-state index in [4.69, 9.17) is 10.5 Å². The molecule has 0 unspecified atom stereocenters. The first-order valence-electron chi connectivity index (χ1n) is 5.65. The first-order valence-corrected chi connectivity index (χ1v) is 5.65. The second-order valence-corrected chi connectivity index (χ2v) is 4.49. The minimum Gasteiger partial charge on any atom is -0.493 e. The first kappa shape index (κ1) is 12.8. The second-order valence-electron chi connectivity index (χ2n) is 4.49. The Morgan fingerprint density at radius 1 is 1.19 bits per heavy atom. The van der Waals surface area contributed by atoms with E-state index < -0.39 is 0 Å². The van der Waals surface area contributed by atoms with E-state index in [0.29, 0.717) is 0 Å². The molecule has 3 nitrogen and oxygen atoms in total. The van der Waals surface area contributed by atoms with Crippen molar-refractivity contribution in [3.8, 4) is 5.75 Å². The van der Waals surface area contributed by atoms with E-state index in [1.807, 2.05) is 26.0 Å². The summed E-state index contributed by atoms with van der Waals surface area (Å²) >= 11 is 0. The molecule has 0 bridgehead atoms. The maximum atomic E-state index is 5.79. The molecule has 0 heterocycles. The molecule has 0 aliphatic carbocycles. The van der Waals surface area contributed by atoms with Crippen LogP contribution in [-0.2, 0) is 0 Å². The smallest absolute Gasteiger partial charge is 0.125 e. The van der Waals surface area contributed by atoms with Gasteiger partial charge in [-0.1, -0.05) is 0 Å². The maximum absolute atomic E-state index is 5.79. The zero-order valence-corrected chi connectivity index (χ0v) is 10.7. The third-order valence-electron chi connectivity index (χ3n) is 2.48. The molecule has 2 N–H and O–H groups in total. The Kier molecular flexibility index (Phi) is 4.62. The molecule has 0 spiro atoms. The van der Waals surface area contributed by atoms with Crippen molar-refractivity contribution in [1.82, 2.24) is 4.90 Å². The van der Waals surface area contributed by atoms with Gasteiger partial charge in [0.05, 0.1) is 6.61 Å². The van der Waals surface area contributed by atoms with Crippen molar-refractivity contribution in [1.29, 1.82) is 0 Å². The van der Waals surface area contributed by atoms with Crippen molar-refractivity contribution in [3.05, 3.63) is 23.3 Å². The van der Waals surface area contributed by atoms with E-state index in [1.54, 1.807) is 0 Å². The lowest BCUT2D eigenvalue weighted by molar-refractivity contribution is 0.279. The van der Waals surface area contributed by atoms with Crippen LogP contribution in [0, 0.1) is 13.8 Å². The molecule has 1 aromatic carbocycles. The third-order valence-corrected chi connectivity index (χ3v) is 2.48. The number of benzene rings is 1. The van der Waals surface area contributed by atoms with E-state index in [2.05, 4.69) is 19.0 Å². The van der Waals surface area contributed by atoms with Gasteiger partial charge in [-0.3, -0.25) is 0 Å². The van der Waals surface area contributed by atoms with E-state index in [9.17, 15) is 0 Å². The Hall–Kier alpha value is -1.22. The Morgan fingerprint density at radius 3 is 2.25 bits per heavy atom. The van der Waals surface area contributed by atoms with Crippen molar-refractivity contribution < 1.29 is 4.74 Å². The molecule has 0 atom stereocenters. The van der Waals surface area contributed by atoms with Crippen LogP contribution >= 0.6 is 0 Å². The molecule has 1 rings (SSSR count). The number of anilines is 1. The van der Waals surface area contributed by atoms with E-state index in [0.717, 1.165) is 42.1 Å². The van der Waals surface area contributed by atoms with Crippen LogP contribution in [0.2, 0.25) is 0 Å². The summed E-state index contributed by atoms with van der Waals surface area (Å²) in [5, 5.41) is 0. The van der Waals surface area contributed by atoms with Crippen LogP contribution in [0.4, 0.5) is 5.69 Å². The van der Waals surface area contributed by atoms with Gasteiger partial charge in [0.25, 0.3) is 0 Å². The van der Waals surface area contributed by atoms with Crippen LogP contribution in [0.3, 0.4) is 0 Å². The largest absolute Gasteiger partial charge is 0.493 e. The summed E-state index contributed by atoms with van der Waals surface area (Å²) in [4.78, 5) is 2.16. The normalized spacial score (nSPS) is 10.8. The number of nitrogen functional groups attached to an aromatic ring is 1. The van der Waals surface area contributed by atoms with Crippen molar-refractivity contribution in [2.24, 2.45) is 0 Å². The van der Waals surface area contributed by atoms with E-state index in [1.165, 1.54) is 0 Å².